The number of rotatable bonds is 4. The molecule has 0 aliphatic heterocycles. The van der Waals surface area contributed by atoms with Gasteiger partial charge < -0.3 is 4.74 Å². The topological polar surface area (TPSA) is 22.1 Å². The first kappa shape index (κ1) is 13.2. The second kappa shape index (κ2) is 5.58. The molecule has 0 fully saturated rings. The van der Waals surface area contributed by atoms with Crippen LogP contribution in [0.5, 0.6) is 5.75 Å². The van der Waals surface area contributed by atoms with Crippen molar-refractivity contribution in [2.45, 2.75) is 6.61 Å². The van der Waals surface area contributed by atoms with Crippen molar-refractivity contribution >= 4 is 33.3 Å². The maximum Gasteiger partial charge on any atom is 0.387 e. The van der Waals surface area contributed by atoms with Crippen molar-refractivity contribution in [3.63, 3.8) is 0 Å². The monoisotopic (exact) mass is 331 g/mol. The summed E-state index contributed by atoms with van der Waals surface area (Å²) < 4.78 is 29.9. The number of nitrogens with zero attached hydrogens (tertiary/aromatic N) is 1. The van der Waals surface area contributed by atoms with E-state index in [1.807, 2.05) is 0 Å². The quantitative estimate of drug-likeness (QED) is 0.801. The number of hydrogen-bond acceptors (Lipinski definition) is 3. The number of benzene rings is 1. The highest BCUT2D eigenvalue weighted by Crippen LogP contribution is 2.36. The molecule has 0 radical (unpaired) electrons. The summed E-state index contributed by atoms with van der Waals surface area (Å²) in [4.78, 5) is 5.04. The zero-order valence-corrected chi connectivity index (χ0v) is 11.5. The molecule has 6 heteroatoms. The van der Waals surface area contributed by atoms with Crippen LogP contribution in [0.1, 0.15) is 4.88 Å². The third-order valence-corrected chi connectivity index (χ3v) is 3.63. The summed E-state index contributed by atoms with van der Waals surface area (Å²) in [5.74, 6) is 0.109. The van der Waals surface area contributed by atoms with Crippen LogP contribution >= 0.6 is 27.3 Å². The standard InChI is InChI=1S/C12H8BrF2NOS/c1-2-8-6-16-11(18-8)9-5-7(13)3-4-10(9)17-12(14)15/h2-6,12H,1H2. The minimum absolute atomic E-state index is 0.109. The van der Waals surface area contributed by atoms with Gasteiger partial charge in [-0.15, -0.1) is 11.3 Å². The van der Waals surface area contributed by atoms with Crippen LogP contribution in [0, 0.1) is 0 Å². The van der Waals surface area contributed by atoms with Crippen molar-refractivity contribution in [2.24, 2.45) is 0 Å². The first-order chi connectivity index (χ1) is 8.60. The van der Waals surface area contributed by atoms with Gasteiger partial charge in [-0.05, 0) is 18.2 Å². The summed E-state index contributed by atoms with van der Waals surface area (Å²) in [6.45, 7) is 0.779. The number of alkyl halides is 2. The van der Waals surface area contributed by atoms with E-state index in [2.05, 4.69) is 32.2 Å². The molecule has 0 unspecified atom stereocenters. The molecule has 18 heavy (non-hydrogen) atoms. The fourth-order valence-electron chi connectivity index (χ4n) is 1.37. The Morgan fingerprint density at radius 3 is 2.83 bits per heavy atom. The molecule has 94 valence electrons. The van der Waals surface area contributed by atoms with Crippen molar-refractivity contribution in [1.82, 2.24) is 4.98 Å². The van der Waals surface area contributed by atoms with Crippen molar-refractivity contribution in [1.29, 1.82) is 0 Å². The predicted octanol–water partition coefficient (Wildman–Crippen LogP) is 4.82. The van der Waals surface area contributed by atoms with Crippen LogP contribution < -0.4 is 4.74 Å². The lowest BCUT2D eigenvalue weighted by Crippen LogP contribution is -2.03. The Morgan fingerprint density at radius 1 is 1.44 bits per heavy atom. The smallest absolute Gasteiger partial charge is 0.387 e. The second-order valence-corrected chi connectivity index (χ2v) is 5.27. The SMILES string of the molecule is C=Cc1cnc(-c2cc(Br)ccc2OC(F)F)s1. The van der Waals surface area contributed by atoms with E-state index >= 15 is 0 Å². The first-order valence-electron chi connectivity index (χ1n) is 4.93. The highest BCUT2D eigenvalue weighted by molar-refractivity contribution is 9.10. The minimum atomic E-state index is -2.86. The molecule has 2 nitrogen and oxygen atoms in total. The zero-order chi connectivity index (χ0) is 13.1. The number of thiazole rings is 1. The number of aromatic nitrogens is 1. The molecule has 0 spiro atoms. The number of ether oxygens (including phenoxy) is 1. The van der Waals surface area contributed by atoms with Crippen molar-refractivity contribution in [3.8, 4) is 16.3 Å². The molecule has 1 aromatic carbocycles. The lowest BCUT2D eigenvalue weighted by molar-refractivity contribution is -0.0494. The van der Waals surface area contributed by atoms with Crippen molar-refractivity contribution in [3.05, 3.63) is 40.3 Å². The highest BCUT2D eigenvalue weighted by Gasteiger charge is 2.14. The second-order valence-electron chi connectivity index (χ2n) is 3.29. The third-order valence-electron chi connectivity index (χ3n) is 2.11. The van der Waals surface area contributed by atoms with Crippen LogP contribution in [0.2, 0.25) is 0 Å². The molecule has 0 aliphatic carbocycles. The van der Waals surface area contributed by atoms with E-state index in [9.17, 15) is 8.78 Å². The zero-order valence-electron chi connectivity index (χ0n) is 9.07. The van der Waals surface area contributed by atoms with E-state index in [4.69, 9.17) is 0 Å². The van der Waals surface area contributed by atoms with Gasteiger partial charge in [0.2, 0.25) is 0 Å². The summed E-state index contributed by atoms with van der Waals surface area (Å²) in [7, 11) is 0. The van der Waals surface area contributed by atoms with E-state index in [1.54, 1.807) is 24.4 Å². The minimum Gasteiger partial charge on any atom is -0.434 e. The third kappa shape index (κ3) is 2.94. The van der Waals surface area contributed by atoms with Crippen LogP contribution in [0.4, 0.5) is 8.78 Å². The Labute approximate surface area is 115 Å². The summed E-state index contributed by atoms with van der Waals surface area (Å²) in [6.07, 6.45) is 3.30. The molecule has 2 aromatic rings. The molecule has 0 aliphatic rings. The van der Waals surface area contributed by atoms with Crippen LogP contribution in [-0.2, 0) is 0 Å². The van der Waals surface area contributed by atoms with Gasteiger partial charge in [0.1, 0.15) is 10.8 Å². The van der Waals surface area contributed by atoms with E-state index in [-0.39, 0.29) is 5.75 Å². The lowest BCUT2D eigenvalue weighted by atomic mass is 10.2. The van der Waals surface area contributed by atoms with Crippen LogP contribution in [-0.4, -0.2) is 11.6 Å². The maximum absolute atomic E-state index is 12.3. The summed E-state index contributed by atoms with van der Waals surface area (Å²) in [5.41, 5.74) is 0.530. The van der Waals surface area contributed by atoms with Gasteiger partial charge in [-0.1, -0.05) is 28.6 Å². The first-order valence-corrected chi connectivity index (χ1v) is 6.54. The molecular weight excluding hydrogens is 324 g/mol. The van der Waals surface area contributed by atoms with Gasteiger partial charge in [-0.25, -0.2) is 4.98 Å². The van der Waals surface area contributed by atoms with Crippen molar-refractivity contribution < 1.29 is 13.5 Å². The fourth-order valence-corrected chi connectivity index (χ4v) is 2.52. The van der Waals surface area contributed by atoms with Gasteiger partial charge in [0, 0.05) is 15.5 Å². The Morgan fingerprint density at radius 2 is 2.22 bits per heavy atom. The molecule has 1 heterocycles. The molecule has 1 aromatic heterocycles. The Balaban J connectivity index is 2.46. The molecule has 0 bridgehead atoms. The largest absolute Gasteiger partial charge is 0.434 e. The number of halogens is 3. The Hall–Kier alpha value is -1.27. The van der Waals surface area contributed by atoms with Gasteiger partial charge >= 0.3 is 6.61 Å². The van der Waals surface area contributed by atoms with Crippen molar-refractivity contribution in [2.75, 3.05) is 0 Å². The van der Waals surface area contributed by atoms with Gasteiger partial charge in [0.15, 0.2) is 0 Å². The Bertz CT molecular complexity index is 571. The average Bonchev–Trinajstić information content (AvgIpc) is 2.79. The molecule has 0 atom stereocenters. The van der Waals surface area contributed by atoms with Gasteiger partial charge in [0.25, 0.3) is 0 Å². The molecular formula is C12H8BrF2NOS. The van der Waals surface area contributed by atoms with Gasteiger partial charge in [-0.3, -0.25) is 0 Å². The summed E-state index contributed by atoms with van der Waals surface area (Å²) in [5, 5.41) is 0.613. The molecule has 2 rings (SSSR count). The van der Waals surface area contributed by atoms with E-state index in [1.165, 1.54) is 17.4 Å². The summed E-state index contributed by atoms with van der Waals surface area (Å²) >= 11 is 4.66. The van der Waals surface area contributed by atoms with E-state index in [0.717, 1.165) is 9.35 Å². The average molecular weight is 332 g/mol. The van der Waals surface area contributed by atoms with Crippen LogP contribution in [0.15, 0.2) is 35.4 Å². The normalized spacial score (nSPS) is 10.7. The van der Waals surface area contributed by atoms with Crippen LogP contribution in [0.25, 0.3) is 16.6 Å². The summed E-state index contributed by atoms with van der Waals surface area (Å²) in [6, 6.07) is 4.83. The van der Waals surface area contributed by atoms with E-state index < -0.39 is 6.61 Å². The van der Waals surface area contributed by atoms with Crippen LogP contribution in [0.3, 0.4) is 0 Å². The molecule has 0 saturated heterocycles. The predicted molar refractivity (Wildman–Crippen MR) is 72.0 cm³/mol. The van der Waals surface area contributed by atoms with E-state index in [0.29, 0.717) is 10.6 Å². The van der Waals surface area contributed by atoms with Gasteiger partial charge in [0.05, 0.1) is 5.56 Å². The lowest BCUT2D eigenvalue weighted by Gasteiger charge is -2.09. The number of hydrogen-bond donors (Lipinski definition) is 0. The fraction of sp³-hybridized carbons (Fsp3) is 0.0833. The highest BCUT2D eigenvalue weighted by atomic mass is 79.9. The Kier molecular flexibility index (Phi) is 4.08. The molecule has 0 N–H and O–H groups in total. The molecule has 0 saturated carbocycles. The maximum atomic E-state index is 12.3. The van der Waals surface area contributed by atoms with Gasteiger partial charge in [-0.2, -0.15) is 8.78 Å². The molecule has 0 amide bonds.